The number of nitrogens with one attached hydrogen (secondary N) is 1. The lowest BCUT2D eigenvalue weighted by Gasteiger charge is -2.20. The third-order valence-corrected chi connectivity index (χ3v) is 2.33. The van der Waals surface area contributed by atoms with E-state index in [0.29, 0.717) is 11.5 Å². The number of rotatable bonds is 3. The van der Waals surface area contributed by atoms with Crippen molar-refractivity contribution in [2.24, 2.45) is 10.6 Å². The van der Waals surface area contributed by atoms with Crippen LogP contribution in [0.15, 0.2) is 5.16 Å². The molecular formula is C9H18N2O3S. The fourth-order valence-electron chi connectivity index (χ4n) is 0.715. The Labute approximate surface area is 93.4 Å². The molecule has 0 fully saturated rings. The highest BCUT2D eigenvalue weighted by Crippen LogP contribution is 2.17. The molecule has 0 aromatic carbocycles. The summed E-state index contributed by atoms with van der Waals surface area (Å²) in [6.45, 7) is 5.77. The molecule has 0 rings (SSSR count). The molecule has 1 unspecified atom stereocenters. The summed E-state index contributed by atoms with van der Waals surface area (Å²) >= 11 is -1.00. The molecular weight excluding hydrogens is 216 g/mol. The molecule has 0 spiro atoms. The lowest BCUT2D eigenvalue weighted by atomic mass is 9.91. The van der Waals surface area contributed by atoms with Crippen molar-refractivity contribution in [1.29, 1.82) is 0 Å². The summed E-state index contributed by atoms with van der Waals surface area (Å²) in [5.41, 5.74) is 0.339. The molecule has 15 heavy (non-hydrogen) atoms. The van der Waals surface area contributed by atoms with Gasteiger partial charge in [0.15, 0.2) is 0 Å². The summed E-state index contributed by atoms with van der Waals surface area (Å²) in [6.07, 6.45) is 0.958. The number of amides is 1. The van der Waals surface area contributed by atoms with Gasteiger partial charge in [-0.2, -0.15) is 0 Å². The standard InChI is InChI=1S/C9H18N2O3S/c1-9(2,3)7(6-15(5)13)11-14-8(12)10-4/h6H2,1-5H3,(H,10,12)/b11-7+. The first-order chi connectivity index (χ1) is 6.77. The highest BCUT2D eigenvalue weighted by atomic mass is 32.2. The van der Waals surface area contributed by atoms with Crippen LogP contribution in [0.2, 0.25) is 0 Å². The molecule has 1 N–H and O–H groups in total. The topological polar surface area (TPSA) is 73.8 Å². The van der Waals surface area contributed by atoms with Crippen molar-refractivity contribution in [2.45, 2.75) is 20.8 Å². The van der Waals surface area contributed by atoms with Gasteiger partial charge in [0.25, 0.3) is 0 Å². The number of carbonyl (C=O) groups excluding carboxylic acids is 1. The van der Waals surface area contributed by atoms with Crippen molar-refractivity contribution in [2.75, 3.05) is 19.1 Å². The molecule has 0 aromatic heterocycles. The van der Waals surface area contributed by atoms with Gasteiger partial charge in [0, 0.05) is 12.5 Å². The second-order valence-electron chi connectivity index (χ2n) is 4.13. The zero-order valence-electron chi connectivity index (χ0n) is 9.79. The van der Waals surface area contributed by atoms with E-state index in [-0.39, 0.29) is 5.41 Å². The maximum atomic E-state index is 11.1. The van der Waals surface area contributed by atoms with Crippen LogP contribution in [0.3, 0.4) is 0 Å². The van der Waals surface area contributed by atoms with E-state index < -0.39 is 17.3 Å². The van der Waals surface area contributed by atoms with E-state index in [4.69, 9.17) is 0 Å². The molecule has 0 bridgehead atoms. The number of oxime groups is 1. The first-order valence-corrected chi connectivity index (χ1v) is 6.26. The first-order valence-electron chi connectivity index (χ1n) is 4.53. The second-order valence-corrected chi connectivity index (χ2v) is 5.57. The second kappa shape index (κ2) is 5.97. The zero-order valence-corrected chi connectivity index (χ0v) is 10.6. The zero-order chi connectivity index (χ0) is 12.1. The van der Waals surface area contributed by atoms with Crippen molar-refractivity contribution in [3.63, 3.8) is 0 Å². The largest absolute Gasteiger partial charge is 0.616 e. The van der Waals surface area contributed by atoms with Gasteiger partial charge in [0.2, 0.25) is 0 Å². The van der Waals surface area contributed by atoms with Crippen LogP contribution in [0.1, 0.15) is 20.8 Å². The van der Waals surface area contributed by atoms with Gasteiger partial charge in [-0.3, -0.25) is 4.84 Å². The molecule has 0 aliphatic heterocycles. The number of carbonyl (C=O) groups is 1. The maximum Gasteiger partial charge on any atom is 0.433 e. The highest BCUT2D eigenvalue weighted by molar-refractivity contribution is 7.91. The van der Waals surface area contributed by atoms with Crippen LogP contribution < -0.4 is 5.32 Å². The molecule has 88 valence electrons. The number of nitrogens with zero attached hydrogens (tertiary/aromatic N) is 1. The van der Waals surface area contributed by atoms with Gasteiger partial charge in [0.1, 0.15) is 11.5 Å². The molecule has 6 heteroatoms. The molecule has 5 nitrogen and oxygen atoms in total. The molecule has 0 saturated heterocycles. The number of hydrogen-bond acceptors (Lipinski definition) is 4. The first kappa shape index (κ1) is 14.2. The lowest BCUT2D eigenvalue weighted by molar-refractivity contribution is 0.151. The minimum Gasteiger partial charge on any atom is -0.616 e. The smallest absolute Gasteiger partial charge is 0.433 e. The van der Waals surface area contributed by atoms with E-state index in [1.165, 1.54) is 7.05 Å². The van der Waals surface area contributed by atoms with Gasteiger partial charge in [-0.25, -0.2) is 4.79 Å². The summed E-state index contributed by atoms with van der Waals surface area (Å²) < 4.78 is 11.1. The molecule has 1 amide bonds. The van der Waals surface area contributed by atoms with Crippen LogP contribution in [-0.2, 0) is 16.0 Å². The van der Waals surface area contributed by atoms with Gasteiger partial charge in [-0.05, 0) is 0 Å². The third kappa shape index (κ3) is 6.35. The molecule has 0 aromatic rings. The van der Waals surface area contributed by atoms with Crippen molar-refractivity contribution in [1.82, 2.24) is 5.32 Å². The fraction of sp³-hybridized carbons (Fsp3) is 0.778. The monoisotopic (exact) mass is 234 g/mol. The summed E-state index contributed by atoms with van der Waals surface area (Å²) in [6, 6.07) is 0. The Bertz CT molecular complexity index is 246. The van der Waals surface area contributed by atoms with Gasteiger partial charge in [-0.15, -0.1) is 0 Å². The molecule has 1 atom stereocenters. The predicted molar refractivity (Wildman–Crippen MR) is 61.4 cm³/mol. The van der Waals surface area contributed by atoms with Gasteiger partial charge < -0.3 is 9.87 Å². The Kier molecular flexibility index (Phi) is 5.67. The van der Waals surface area contributed by atoms with E-state index in [9.17, 15) is 9.35 Å². The average Bonchev–Trinajstić information content (AvgIpc) is 2.09. The lowest BCUT2D eigenvalue weighted by Crippen LogP contribution is -2.29. The SMILES string of the molecule is CNC(=O)O/N=C(\C[S+](C)[O-])C(C)(C)C. The van der Waals surface area contributed by atoms with Crippen LogP contribution in [0.5, 0.6) is 0 Å². The van der Waals surface area contributed by atoms with Gasteiger partial charge >= 0.3 is 6.09 Å². The Morgan fingerprint density at radius 1 is 1.53 bits per heavy atom. The van der Waals surface area contributed by atoms with E-state index in [2.05, 4.69) is 15.3 Å². The normalized spacial score (nSPS) is 14.7. The van der Waals surface area contributed by atoms with Crippen molar-refractivity contribution in [3.05, 3.63) is 0 Å². The van der Waals surface area contributed by atoms with Crippen LogP contribution >= 0.6 is 0 Å². The molecule has 0 aliphatic carbocycles. The molecule has 0 saturated carbocycles. The third-order valence-electron chi connectivity index (χ3n) is 1.65. The minimum atomic E-state index is -1.00. The van der Waals surface area contributed by atoms with E-state index in [1.807, 2.05) is 20.8 Å². The summed E-state index contributed by atoms with van der Waals surface area (Å²) in [5, 5.41) is 6.00. The Morgan fingerprint density at radius 3 is 2.40 bits per heavy atom. The average molecular weight is 234 g/mol. The molecule has 0 aliphatic rings. The Balaban J connectivity index is 4.56. The molecule has 0 heterocycles. The van der Waals surface area contributed by atoms with Crippen molar-refractivity contribution >= 4 is 23.0 Å². The van der Waals surface area contributed by atoms with Crippen LogP contribution in [0.25, 0.3) is 0 Å². The van der Waals surface area contributed by atoms with Crippen molar-refractivity contribution in [3.8, 4) is 0 Å². The van der Waals surface area contributed by atoms with Crippen LogP contribution in [-0.4, -0.2) is 35.4 Å². The summed E-state index contributed by atoms with van der Waals surface area (Å²) in [4.78, 5) is 15.4. The quantitative estimate of drug-likeness (QED) is 0.344. The van der Waals surface area contributed by atoms with E-state index >= 15 is 0 Å². The van der Waals surface area contributed by atoms with E-state index in [1.54, 1.807) is 6.26 Å². The summed E-state index contributed by atoms with van der Waals surface area (Å²) in [7, 11) is 1.45. The predicted octanol–water partition coefficient (Wildman–Crippen LogP) is 1.12. The maximum absolute atomic E-state index is 11.1. The fourth-order valence-corrected chi connectivity index (χ4v) is 1.59. The molecule has 0 radical (unpaired) electrons. The number of hydrogen-bond donors (Lipinski definition) is 1. The minimum absolute atomic E-state index is 0.264. The highest BCUT2D eigenvalue weighted by Gasteiger charge is 2.23. The van der Waals surface area contributed by atoms with Gasteiger partial charge in [0.05, 0.1) is 6.26 Å². The van der Waals surface area contributed by atoms with Crippen molar-refractivity contribution < 1.29 is 14.2 Å². The summed E-state index contributed by atoms with van der Waals surface area (Å²) in [5.74, 6) is 0.306. The van der Waals surface area contributed by atoms with Crippen LogP contribution in [0, 0.1) is 5.41 Å². The Morgan fingerprint density at radius 2 is 2.07 bits per heavy atom. The van der Waals surface area contributed by atoms with Gasteiger partial charge in [-0.1, -0.05) is 37.1 Å². The Hall–Kier alpha value is -0.750. The van der Waals surface area contributed by atoms with E-state index in [0.717, 1.165) is 0 Å². The van der Waals surface area contributed by atoms with Crippen LogP contribution in [0.4, 0.5) is 4.79 Å².